The summed E-state index contributed by atoms with van der Waals surface area (Å²) in [6.07, 6.45) is -2.30. The zero-order valence-electron chi connectivity index (χ0n) is 8.24. The van der Waals surface area contributed by atoms with Crippen LogP contribution in [-0.2, 0) is 0 Å². The number of hydrogen-bond acceptors (Lipinski definition) is 6. The zero-order chi connectivity index (χ0) is 11.6. The molecule has 0 aliphatic rings. The van der Waals surface area contributed by atoms with E-state index in [1.807, 2.05) is 0 Å². The lowest BCUT2D eigenvalue weighted by atomic mass is 10.2. The predicted molar refractivity (Wildman–Crippen MR) is 49.6 cm³/mol. The van der Waals surface area contributed by atoms with Gasteiger partial charge in [-0.1, -0.05) is 0 Å². The largest absolute Gasteiger partial charge is 0.396 e. The fourth-order valence-electron chi connectivity index (χ4n) is 0.393. The summed E-state index contributed by atoms with van der Waals surface area (Å²) >= 11 is 0. The van der Waals surface area contributed by atoms with E-state index in [2.05, 4.69) is 0 Å². The maximum atomic E-state index is 8.45. The summed E-state index contributed by atoms with van der Waals surface area (Å²) in [7, 11) is 0. The highest BCUT2D eigenvalue weighted by Gasteiger charge is 2.06. The van der Waals surface area contributed by atoms with Crippen molar-refractivity contribution >= 4 is 0 Å². The lowest BCUT2D eigenvalue weighted by molar-refractivity contribution is -0.00425. The third-order valence-corrected chi connectivity index (χ3v) is 1.42. The van der Waals surface area contributed by atoms with Crippen molar-refractivity contribution in [3.8, 4) is 0 Å². The van der Waals surface area contributed by atoms with E-state index in [0.29, 0.717) is 0 Å². The van der Waals surface area contributed by atoms with Gasteiger partial charge >= 0.3 is 0 Å². The van der Waals surface area contributed by atoms with Gasteiger partial charge in [0.1, 0.15) is 6.10 Å². The molecule has 0 rings (SSSR count). The zero-order valence-corrected chi connectivity index (χ0v) is 8.24. The molecule has 0 spiro atoms. The van der Waals surface area contributed by atoms with Crippen molar-refractivity contribution in [2.45, 2.75) is 31.7 Å². The van der Waals surface area contributed by atoms with Crippen molar-refractivity contribution in [2.24, 2.45) is 0 Å². The highest BCUT2D eigenvalue weighted by Crippen LogP contribution is 1.87. The third kappa shape index (κ3) is 11.8. The highest BCUT2D eigenvalue weighted by molar-refractivity contribution is 4.57. The summed E-state index contributed by atoms with van der Waals surface area (Å²) in [5.41, 5.74) is 0. The van der Waals surface area contributed by atoms with Crippen LogP contribution in [0.3, 0.4) is 0 Å². The highest BCUT2D eigenvalue weighted by atomic mass is 16.4. The Morgan fingerprint density at radius 1 is 0.929 bits per heavy atom. The van der Waals surface area contributed by atoms with Gasteiger partial charge in [-0.2, -0.15) is 0 Å². The van der Waals surface area contributed by atoms with Crippen LogP contribution in [0.1, 0.15) is 13.3 Å². The SMILES string of the molecule is CC(O)C(O)CO.OCCC(O)CO. The van der Waals surface area contributed by atoms with E-state index in [1.165, 1.54) is 6.92 Å². The first-order valence-electron chi connectivity index (χ1n) is 4.36. The van der Waals surface area contributed by atoms with Crippen molar-refractivity contribution in [1.82, 2.24) is 0 Å². The number of aliphatic hydroxyl groups excluding tert-OH is 6. The first-order chi connectivity index (χ1) is 6.49. The van der Waals surface area contributed by atoms with Crippen LogP contribution in [0, 0.1) is 0 Å². The second-order valence-electron chi connectivity index (χ2n) is 2.84. The minimum Gasteiger partial charge on any atom is -0.396 e. The van der Waals surface area contributed by atoms with Crippen molar-refractivity contribution < 1.29 is 30.6 Å². The van der Waals surface area contributed by atoms with Gasteiger partial charge in [0.05, 0.1) is 25.4 Å². The molecule has 3 atom stereocenters. The fraction of sp³-hybridized carbons (Fsp3) is 1.00. The molecule has 0 saturated carbocycles. The van der Waals surface area contributed by atoms with E-state index in [9.17, 15) is 0 Å². The lowest BCUT2D eigenvalue weighted by Crippen LogP contribution is -2.25. The minimum atomic E-state index is -0.986. The molecule has 6 N–H and O–H groups in total. The van der Waals surface area contributed by atoms with Gasteiger partial charge in [0.25, 0.3) is 0 Å². The first kappa shape index (κ1) is 16.2. The van der Waals surface area contributed by atoms with Crippen LogP contribution in [0.25, 0.3) is 0 Å². The van der Waals surface area contributed by atoms with Gasteiger partial charge in [-0.05, 0) is 13.3 Å². The second kappa shape index (κ2) is 10.8. The monoisotopic (exact) mass is 212 g/mol. The van der Waals surface area contributed by atoms with Crippen LogP contribution in [0.15, 0.2) is 0 Å². The molecule has 0 heterocycles. The second-order valence-corrected chi connectivity index (χ2v) is 2.84. The molecule has 0 fully saturated rings. The van der Waals surface area contributed by atoms with Crippen LogP contribution in [0.4, 0.5) is 0 Å². The van der Waals surface area contributed by atoms with Crippen molar-refractivity contribution in [3.63, 3.8) is 0 Å². The van der Waals surface area contributed by atoms with Gasteiger partial charge in [-0.3, -0.25) is 0 Å². The summed E-state index contributed by atoms with van der Waals surface area (Å²) in [6.45, 7) is 0.709. The Morgan fingerprint density at radius 2 is 1.43 bits per heavy atom. The Kier molecular flexibility index (Phi) is 12.5. The maximum absolute atomic E-state index is 8.45. The number of rotatable bonds is 5. The van der Waals surface area contributed by atoms with E-state index >= 15 is 0 Å². The molecule has 0 aromatic carbocycles. The quantitative estimate of drug-likeness (QED) is 0.298. The van der Waals surface area contributed by atoms with Crippen LogP contribution in [0.5, 0.6) is 0 Å². The van der Waals surface area contributed by atoms with E-state index < -0.39 is 18.3 Å². The molecule has 3 unspecified atom stereocenters. The van der Waals surface area contributed by atoms with Crippen LogP contribution < -0.4 is 0 Å². The Balaban J connectivity index is 0. The molecule has 0 bridgehead atoms. The molecule has 0 saturated heterocycles. The van der Waals surface area contributed by atoms with Gasteiger partial charge in [0, 0.05) is 6.61 Å². The standard InChI is InChI=1S/2C4H10O3/c1-3(6)4(7)2-5;5-2-1-4(7)3-6/h3-7H,2H2,1H3;4-7H,1-3H2. The normalized spacial score (nSPS) is 16.5. The molecular formula is C8H20O6. The van der Waals surface area contributed by atoms with Crippen molar-refractivity contribution in [2.75, 3.05) is 19.8 Å². The van der Waals surface area contributed by atoms with Crippen molar-refractivity contribution in [3.05, 3.63) is 0 Å². The number of hydrogen-bond donors (Lipinski definition) is 6. The predicted octanol–water partition coefficient (Wildman–Crippen LogP) is -2.56. The Morgan fingerprint density at radius 3 is 1.50 bits per heavy atom. The Labute approximate surface area is 83.1 Å². The van der Waals surface area contributed by atoms with Gasteiger partial charge in [-0.15, -0.1) is 0 Å². The average molecular weight is 212 g/mol. The fourth-order valence-corrected chi connectivity index (χ4v) is 0.393. The van der Waals surface area contributed by atoms with Crippen LogP contribution in [0.2, 0.25) is 0 Å². The molecule has 0 aromatic heterocycles. The Hall–Kier alpha value is -0.240. The van der Waals surface area contributed by atoms with Gasteiger partial charge in [0.2, 0.25) is 0 Å². The molecule has 0 amide bonds. The van der Waals surface area contributed by atoms with E-state index in [0.717, 1.165) is 0 Å². The van der Waals surface area contributed by atoms with E-state index in [1.54, 1.807) is 0 Å². The summed E-state index contributed by atoms with van der Waals surface area (Å²) in [5, 5.41) is 49.6. The third-order valence-electron chi connectivity index (χ3n) is 1.42. The summed E-state index contributed by atoms with van der Waals surface area (Å²) in [6, 6.07) is 0. The molecule has 6 heteroatoms. The summed E-state index contributed by atoms with van der Waals surface area (Å²) in [4.78, 5) is 0. The molecule has 14 heavy (non-hydrogen) atoms. The molecular weight excluding hydrogens is 192 g/mol. The summed E-state index contributed by atoms with van der Waals surface area (Å²) < 4.78 is 0. The maximum Gasteiger partial charge on any atom is 0.103 e. The Bertz CT molecular complexity index is 108. The molecule has 0 radical (unpaired) electrons. The van der Waals surface area contributed by atoms with E-state index in [-0.39, 0.29) is 26.2 Å². The molecule has 0 aliphatic heterocycles. The smallest absolute Gasteiger partial charge is 0.103 e. The molecule has 0 aromatic rings. The van der Waals surface area contributed by atoms with E-state index in [4.69, 9.17) is 30.6 Å². The van der Waals surface area contributed by atoms with Crippen molar-refractivity contribution in [1.29, 1.82) is 0 Å². The average Bonchev–Trinajstić information content (AvgIpc) is 2.17. The van der Waals surface area contributed by atoms with Gasteiger partial charge < -0.3 is 30.6 Å². The van der Waals surface area contributed by atoms with Crippen LogP contribution >= 0.6 is 0 Å². The minimum absolute atomic E-state index is 0.0677. The van der Waals surface area contributed by atoms with Gasteiger partial charge in [-0.25, -0.2) is 0 Å². The van der Waals surface area contributed by atoms with Gasteiger partial charge in [0.15, 0.2) is 0 Å². The lowest BCUT2D eigenvalue weighted by Gasteiger charge is -2.07. The van der Waals surface area contributed by atoms with Crippen LogP contribution in [-0.4, -0.2) is 68.8 Å². The molecule has 0 aliphatic carbocycles. The summed E-state index contributed by atoms with van der Waals surface area (Å²) in [5.74, 6) is 0. The topological polar surface area (TPSA) is 121 Å². The first-order valence-corrected chi connectivity index (χ1v) is 4.36. The number of aliphatic hydroxyl groups is 6. The molecule has 6 nitrogen and oxygen atoms in total. The molecule has 88 valence electrons.